The van der Waals surface area contributed by atoms with Crippen molar-refractivity contribution in [3.8, 4) is 0 Å². The maximum atomic E-state index is 5.27. The number of likely N-dealkylation sites (N-methyl/N-ethyl adjacent to an activating group) is 1. The first-order valence-electron chi connectivity index (χ1n) is 8.66. The van der Waals surface area contributed by atoms with Crippen LogP contribution in [-0.2, 0) is 4.74 Å². The van der Waals surface area contributed by atoms with Crippen LogP contribution in [-0.4, -0.2) is 100 Å². The third-order valence-corrected chi connectivity index (χ3v) is 4.82. The van der Waals surface area contributed by atoms with Crippen LogP contribution in [0, 0.1) is 5.92 Å². The Morgan fingerprint density at radius 1 is 1.18 bits per heavy atom. The van der Waals surface area contributed by atoms with Gasteiger partial charge in [-0.3, -0.25) is 9.89 Å². The first kappa shape index (κ1) is 17.5. The van der Waals surface area contributed by atoms with Gasteiger partial charge in [0.1, 0.15) is 0 Å². The van der Waals surface area contributed by atoms with Crippen LogP contribution in [0.1, 0.15) is 13.3 Å². The van der Waals surface area contributed by atoms with E-state index in [1.807, 2.05) is 7.05 Å². The number of ether oxygens (including phenoxy) is 1. The molecule has 0 radical (unpaired) electrons. The predicted molar refractivity (Wildman–Crippen MR) is 91.5 cm³/mol. The molecule has 2 heterocycles. The molecule has 0 saturated carbocycles. The molecule has 2 saturated heterocycles. The molecule has 22 heavy (non-hydrogen) atoms. The highest BCUT2D eigenvalue weighted by Crippen LogP contribution is 2.16. The average Bonchev–Trinajstić information content (AvgIpc) is 3.01. The number of methoxy groups -OCH3 is 1. The van der Waals surface area contributed by atoms with E-state index >= 15 is 0 Å². The molecule has 0 aromatic rings. The zero-order chi connectivity index (χ0) is 15.8. The van der Waals surface area contributed by atoms with Crippen LogP contribution in [0.4, 0.5) is 0 Å². The number of nitrogens with one attached hydrogen (secondary N) is 1. The summed E-state index contributed by atoms with van der Waals surface area (Å²) in [6, 6.07) is 0. The minimum atomic E-state index is 0.644. The van der Waals surface area contributed by atoms with Crippen LogP contribution in [0.5, 0.6) is 0 Å². The Morgan fingerprint density at radius 3 is 2.55 bits per heavy atom. The maximum absolute atomic E-state index is 5.27. The van der Waals surface area contributed by atoms with E-state index in [4.69, 9.17) is 4.74 Å². The zero-order valence-electron chi connectivity index (χ0n) is 14.6. The largest absolute Gasteiger partial charge is 0.384 e. The first-order valence-corrected chi connectivity index (χ1v) is 8.66. The summed E-state index contributed by atoms with van der Waals surface area (Å²) in [6.45, 7) is 13.3. The Labute approximate surface area is 135 Å². The van der Waals surface area contributed by atoms with Gasteiger partial charge >= 0.3 is 0 Å². The van der Waals surface area contributed by atoms with Crippen LogP contribution < -0.4 is 5.32 Å². The molecule has 1 unspecified atom stereocenters. The molecule has 0 bridgehead atoms. The van der Waals surface area contributed by atoms with Gasteiger partial charge in [0.2, 0.25) is 0 Å². The Kier molecular flexibility index (Phi) is 7.42. The molecule has 0 aliphatic carbocycles. The van der Waals surface area contributed by atoms with Gasteiger partial charge in [0, 0.05) is 72.4 Å². The van der Waals surface area contributed by atoms with Crippen molar-refractivity contribution in [3.05, 3.63) is 0 Å². The maximum Gasteiger partial charge on any atom is 0.193 e. The van der Waals surface area contributed by atoms with E-state index in [-0.39, 0.29) is 0 Å². The molecule has 2 rings (SSSR count). The standard InChI is InChI=1S/C16H33N5O/c1-4-19-9-11-20(12-10-19)8-6-18-16(17-2)21-7-5-15(13-21)14-22-3/h15H,4-14H2,1-3H3,(H,17,18). The van der Waals surface area contributed by atoms with Gasteiger partial charge in [-0.15, -0.1) is 0 Å². The lowest BCUT2D eigenvalue weighted by Gasteiger charge is -2.34. The molecule has 0 spiro atoms. The van der Waals surface area contributed by atoms with Gasteiger partial charge in [-0.25, -0.2) is 0 Å². The average molecular weight is 311 g/mol. The van der Waals surface area contributed by atoms with Crippen molar-refractivity contribution in [1.29, 1.82) is 0 Å². The normalized spacial score (nSPS) is 25.0. The van der Waals surface area contributed by atoms with E-state index < -0.39 is 0 Å². The summed E-state index contributed by atoms with van der Waals surface area (Å²) in [5.41, 5.74) is 0. The molecule has 6 heteroatoms. The lowest BCUT2D eigenvalue weighted by molar-refractivity contribution is 0.139. The van der Waals surface area contributed by atoms with Crippen LogP contribution in [0.2, 0.25) is 0 Å². The molecule has 128 valence electrons. The van der Waals surface area contributed by atoms with Crippen molar-refractivity contribution in [2.75, 3.05) is 79.7 Å². The van der Waals surface area contributed by atoms with Gasteiger partial charge < -0.3 is 19.9 Å². The summed E-state index contributed by atoms with van der Waals surface area (Å²) in [4.78, 5) is 11.9. The zero-order valence-corrected chi connectivity index (χ0v) is 14.6. The topological polar surface area (TPSA) is 43.3 Å². The summed E-state index contributed by atoms with van der Waals surface area (Å²) in [6.07, 6.45) is 1.20. The van der Waals surface area contributed by atoms with Crippen molar-refractivity contribution < 1.29 is 4.74 Å². The smallest absolute Gasteiger partial charge is 0.193 e. The Balaban J connectivity index is 1.65. The highest BCUT2D eigenvalue weighted by molar-refractivity contribution is 5.80. The highest BCUT2D eigenvalue weighted by Gasteiger charge is 2.24. The molecular formula is C16H33N5O. The number of piperazine rings is 1. The number of nitrogens with zero attached hydrogens (tertiary/aromatic N) is 4. The lowest BCUT2D eigenvalue weighted by atomic mass is 10.1. The van der Waals surface area contributed by atoms with Gasteiger partial charge in [0.05, 0.1) is 6.61 Å². The summed E-state index contributed by atoms with van der Waals surface area (Å²) in [5, 5.41) is 3.53. The minimum absolute atomic E-state index is 0.644. The second-order valence-electron chi connectivity index (χ2n) is 6.31. The van der Waals surface area contributed by atoms with Crippen molar-refractivity contribution in [2.45, 2.75) is 13.3 Å². The molecule has 1 atom stereocenters. The fourth-order valence-corrected chi connectivity index (χ4v) is 3.38. The van der Waals surface area contributed by atoms with Crippen molar-refractivity contribution in [1.82, 2.24) is 20.0 Å². The third kappa shape index (κ3) is 5.11. The summed E-state index contributed by atoms with van der Waals surface area (Å²) in [7, 11) is 3.67. The predicted octanol–water partition coefficient (Wildman–Crippen LogP) is 0.168. The molecule has 0 aromatic heterocycles. The minimum Gasteiger partial charge on any atom is -0.384 e. The highest BCUT2D eigenvalue weighted by atomic mass is 16.5. The van der Waals surface area contributed by atoms with Gasteiger partial charge in [0.15, 0.2) is 5.96 Å². The Bertz CT molecular complexity index is 341. The van der Waals surface area contributed by atoms with Gasteiger partial charge in [-0.05, 0) is 13.0 Å². The second kappa shape index (κ2) is 9.33. The number of hydrogen-bond acceptors (Lipinski definition) is 4. The van der Waals surface area contributed by atoms with E-state index in [0.29, 0.717) is 5.92 Å². The molecule has 6 nitrogen and oxygen atoms in total. The van der Waals surface area contributed by atoms with Crippen molar-refractivity contribution in [2.24, 2.45) is 10.9 Å². The van der Waals surface area contributed by atoms with E-state index in [1.165, 1.54) is 39.1 Å². The number of aliphatic imine (C=N–C) groups is 1. The monoisotopic (exact) mass is 311 g/mol. The Hall–Kier alpha value is -0.850. The van der Waals surface area contributed by atoms with Crippen LogP contribution in [0.3, 0.4) is 0 Å². The fraction of sp³-hybridized carbons (Fsp3) is 0.938. The SMILES string of the molecule is CCN1CCN(CCNC(=NC)N2CCC(COC)C2)CC1. The third-order valence-electron chi connectivity index (χ3n) is 4.82. The molecule has 0 aromatic carbocycles. The summed E-state index contributed by atoms with van der Waals surface area (Å²) >= 11 is 0. The molecule has 2 aliphatic rings. The van der Waals surface area contributed by atoms with E-state index in [9.17, 15) is 0 Å². The van der Waals surface area contributed by atoms with Gasteiger partial charge in [-0.2, -0.15) is 0 Å². The van der Waals surface area contributed by atoms with Crippen LogP contribution in [0.25, 0.3) is 0 Å². The van der Waals surface area contributed by atoms with E-state index in [2.05, 4.69) is 31.9 Å². The van der Waals surface area contributed by atoms with Gasteiger partial charge in [0.25, 0.3) is 0 Å². The van der Waals surface area contributed by atoms with Crippen LogP contribution in [0.15, 0.2) is 4.99 Å². The van der Waals surface area contributed by atoms with Crippen molar-refractivity contribution >= 4 is 5.96 Å². The van der Waals surface area contributed by atoms with Crippen molar-refractivity contribution in [3.63, 3.8) is 0 Å². The molecular weight excluding hydrogens is 278 g/mol. The Morgan fingerprint density at radius 2 is 1.91 bits per heavy atom. The van der Waals surface area contributed by atoms with E-state index in [1.54, 1.807) is 7.11 Å². The fourth-order valence-electron chi connectivity index (χ4n) is 3.38. The van der Waals surface area contributed by atoms with Gasteiger partial charge in [-0.1, -0.05) is 6.92 Å². The lowest BCUT2D eigenvalue weighted by Crippen LogP contribution is -2.49. The number of guanidine groups is 1. The first-order chi connectivity index (χ1) is 10.8. The molecule has 2 fully saturated rings. The van der Waals surface area contributed by atoms with Crippen LogP contribution >= 0.6 is 0 Å². The summed E-state index contributed by atoms with van der Waals surface area (Å²) in [5.74, 6) is 1.69. The quantitative estimate of drug-likeness (QED) is 0.559. The number of rotatable bonds is 6. The number of hydrogen-bond donors (Lipinski definition) is 1. The number of likely N-dealkylation sites (tertiary alicyclic amines) is 1. The molecule has 0 amide bonds. The molecule has 1 N–H and O–H groups in total. The van der Waals surface area contributed by atoms with E-state index in [0.717, 1.165) is 38.7 Å². The second-order valence-corrected chi connectivity index (χ2v) is 6.31. The molecule has 2 aliphatic heterocycles. The summed E-state index contributed by atoms with van der Waals surface area (Å²) < 4.78 is 5.27.